The van der Waals surface area contributed by atoms with Crippen molar-refractivity contribution in [2.24, 2.45) is 22.2 Å². The summed E-state index contributed by atoms with van der Waals surface area (Å²) in [7, 11) is 0. The van der Waals surface area contributed by atoms with Gasteiger partial charge in [-0.25, -0.2) is 0 Å². The maximum Gasteiger partial charge on any atom is 0.255 e. The maximum atomic E-state index is 13.7. The Morgan fingerprint density at radius 3 is 2.56 bits per heavy atom. The van der Waals surface area contributed by atoms with Gasteiger partial charge in [-0.1, -0.05) is 24.3 Å². The van der Waals surface area contributed by atoms with Crippen molar-refractivity contribution in [1.29, 1.82) is 0 Å². The summed E-state index contributed by atoms with van der Waals surface area (Å²) in [4.78, 5) is 61.8. The molecule has 0 radical (unpaired) electrons. The van der Waals surface area contributed by atoms with Crippen molar-refractivity contribution in [2.75, 3.05) is 30.7 Å². The lowest BCUT2D eigenvalue weighted by molar-refractivity contribution is -0.130. The van der Waals surface area contributed by atoms with E-state index < -0.39 is 41.8 Å². The molecule has 4 amide bonds. The van der Waals surface area contributed by atoms with Gasteiger partial charge in [0.25, 0.3) is 11.8 Å². The van der Waals surface area contributed by atoms with Gasteiger partial charge in [0.1, 0.15) is 24.4 Å². The number of rotatable bonds is 8. The minimum Gasteiger partial charge on any atom is -0.491 e. The third-order valence-electron chi connectivity index (χ3n) is 8.01. The van der Waals surface area contributed by atoms with E-state index in [1.165, 1.54) is 6.07 Å². The predicted molar refractivity (Wildman–Crippen MR) is 190 cm³/mol. The molecule has 12 N–H and O–H groups in total. The molecule has 0 saturated carbocycles. The minimum absolute atomic E-state index is 0.0360. The third kappa shape index (κ3) is 9.44. The molecule has 50 heavy (non-hydrogen) atoms. The number of benzene rings is 3. The van der Waals surface area contributed by atoms with E-state index in [1.54, 1.807) is 60.8 Å². The number of anilines is 2. The van der Waals surface area contributed by atoms with Gasteiger partial charge in [0.2, 0.25) is 11.8 Å². The lowest BCUT2D eigenvalue weighted by Gasteiger charge is -2.26. The number of nitrogens with two attached hydrogens (primary N) is 4. The molecular weight excluding hydrogens is 640 g/mol. The summed E-state index contributed by atoms with van der Waals surface area (Å²) in [5.41, 5.74) is 25.7. The van der Waals surface area contributed by atoms with Crippen LogP contribution in [-0.4, -0.2) is 72.4 Å². The molecule has 0 bridgehead atoms. The highest BCUT2D eigenvalue weighted by Gasteiger charge is 2.28. The largest absolute Gasteiger partial charge is 0.491 e. The van der Waals surface area contributed by atoms with Crippen molar-refractivity contribution >= 4 is 51.9 Å². The van der Waals surface area contributed by atoms with Crippen molar-refractivity contribution < 1.29 is 23.9 Å². The highest BCUT2D eigenvalue weighted by atomic mass is 16.5. The van der Waals surface area contributed by atoms with Gasteiger partial charge in [0, 0.05) is 48.0 Å². The van der Waals surface area contributed by atoms with Gasteiger partial charge in [-0.3, -0.25) is 29.2 Å². The summed E-state index contributed by atoms with van der Waals surface area (Å²) in [6.45, 7) is 0.0323. The average Bonchev–Trinajstić information content (AvgIpc) is 3.11. The number of amides is 4. The Hall–Kier alpha value is -6.22. The first kappa shape index (κ1) is 35.1. The molecule has 15 heteroatoms. The summed E-state index contributed by atoms with van der Waals surface area (Å²) in [5, 5.41) is 12.1. The Balaban J connectivity index is 1.39. The molecule has 1 aromatic heterocycles. The van der Waals surface area contributed by atoms with Gasteiger partial charge < -0.3 is 48.9 Å². The van der Waals surface area contributed by atoms with Crippen LogP contribution < -0.4 is 48.9 Å². The van der Waals surface area contributed by atoms with Gasteiger partial charge in [0.15, 0.2) is 5.96 Å². The van der Waals surface area contributed by atoms with Gasteiger partial charge in [-0.05, 0) is 66.9 Å². The zero-order valence-corrected chi connectivity index (χ0v) is 27.2. The van der Waals surface area contributed by atoms with Crippen LogP contribution in [0, 0.1) is 0 Å². The maximum absolute atomic E-state index is 13.7. The topological polar surface area (TPSA) is 255 Å². The molecule has 5 rings (SSSR count). The van der Waals surface area contributed by atoms with Crippen LogP contribution in [0.4, 0.5) is 11.4 Å². The number of hydrogen-bond acceptors (Lipinski definition) is 9. The number of nitrogens with one attached hydrogen (secondary N) is 4. The van der Waals surface area contributed by atoms with Gasteiger partial charge in [-0.2, -0.15) is 0 Å². The Kier molecular flexibility index (Phi) is 11.4. The van der Waals surface area contributed by atoms with Gasteiger partial charge in [0.05, 0.1) is 17.1 Å². The number of aromatic nitrogens is 1. The summed E-state index contributed by atoms with van der Waals surface area (Å²) in [5.74, 6) is -1.95. The molecule has 0 spiro atoms. The predicted octanol–water partition coefficient (Wildman–Crippen LogP) is 0.785. The van der Waals surface area contributed by atoms with E-state index >= 15 is 0 Å². The molecule has 1 aliphatic heterocycles. The highest BCUT2D eigenvalue weighted by Crippen LogP contribution is 2.25. The fraction of sp³-hybridized carbons (Fsp3) is 0.257. The van der Waals surface area contributed by atoms with Gasteiger partial charge >= 0.3 is 0 Å². The van der Waals surface area contributed by atoms with Crippen molar-refractivity contribution in [1.82, 2.24) is 20.9 Å². The molecule has 3 aromatic carbocycles. The molecule has 1 aliphatic rings. The quantitative estimate of drug-likeness (QED) is 0.0562. The lowest BCUT2D eigenvalue weighted by atomic mass is 10.0. The molecule has 4 aromatic rings. The van der Waals surface area contributed by atoms with Crippen LogP contribution in [0.2, 0.25) is 0 Å². The fourth-order valence-electron chi connectivity index (χ4n) is 5.33. The smallest absolute Gasteiger partial charge is 0.255 e. The lowest BCUT2D eigenvalue weighted by Crippen LogP contribution is -2.56. The molecule has 0 fully saturated rings. The molecule has 260 valence electrons. The minimum atomic E-state index is -1.19. The van der Waals surface area contributed by atoms with Crippen molar-refractivity contribution in [3.05, 3.63) is 95.7 Å². The Morgan fingerprint density at radius 1 is 0.980 bits per heavy atom. The van der Waals surface area contributed by atoms with E-state index in [2.05, 4.69) is 31.2 Å². The summed E-state index contributed by atoms with van der Waals surface area (Å²) in [6.07, 6.45) is 2.70. The van der Waals surface area contributed by atoms with Gasteiger partial charge in [-0.15, -0.1) is 0 Å². The van der Waals surface area contributed by atoms with E-state index in [4.69, 9.17) is 27.7 Å². The SMILES string of the molecule is NC(N)=NCCC[C@H]1COc2ccc(NC(=O)c3ccc4cccnc4c3)cc2C(=O)NC[C@@H](N)C(=O)N[C@@H](Cc2ccc(N)cc2)C(=O)N1. The number of hydrogen-bond donors (Lipinski definition) is 8. The van der Waals surface area contributed by atoms with Crippen LogP contribution in [0.3, 0.4) is 0 Å². The van der Waals surface area contributed by atoms with Crippen molar-refractivity contribution in [2.45, 2.75) is 37.4 Å². The Bertz CT molecular complexity index is 1890. The van der Waals surface area contributed by atoms with E-state index in [0.717, 1.165) is 10.9 Å². The normalized spacial score (nSPS) is 18.3. The summed E-state index contributed by atoms with van der Waals surface area (Å²) < 4.78 is 6.14. The number of ether oxygens (including phenoxy) is 1. The molecule has 2 heterocycles. The van der Waals surface area contributed by atoms with Crippen LogP contribution in [-0.2, 0) is 16.0 Å². The summed E-state index contributed by atoms with van der Waals surface area (Å²) >= 11 is 0. The number of aliphatic imine (C=N–C) groups is 1. The first-order chi connectivity index (χ1) is 24.0. The number of fused-ring (bicyclic) bond motifs is 2. The van der Waals surface area contributed by atoms with E-state index in [9.17, 15) is 19.2 Å². The van der Waals surface area contributed by atoms with Crippen molar-refractivity contribution in [3.8, 4) is 5.75 Å². The van der Waals surface area contributed by atoms with Crippen LogP contribution >= 0.6 is 0 Å². The number of pyridine rings is 1. The second kappa shape index (κ2) is 16.3. The Labute approximate surface area is 288 Å². The van der Waals surface area contributed by atoms with Crippen LogP contribution in [0.15, 0.2) is 84.0 Å². The monoisotopic (exact) mass is 680 g/mol. The zero-order valence-electron chi connectivity index (χ0n) is 27.2. The molecular formula is C35H40N10O5. The first-order valence-electron chi connectivity index (χ1n) is 16.0. The molecule has 0 unspecified atom stereocenters. The number of nitrogens with zero attached hydrogens (tertiary/aromatic N) is 2. The number of carbonyl (C=O) groups is 4. The van der Waals surface area contributed by atoms with E-state index in [-0.39, 0.29) is 36.8 Å². The molecule has 15 nitrogen and oxygen atoms in total. The van der Waals surface area contributed by atoms with E-state index in [0.29, 0.717) is 41.8 Å². The molecule has 0 saturated heterocycles. The van der Waals surface area contributed by atoms with Crippen LogP contribution in [0.25, 0.3) is 10.9 Å². The first-order valence-corrected chi connectivity index (χ1v) is 16.0. The second-order valence-corrected chi connectivity index (χ2v) is 11.9. The molecule has 3 atom stereocenters. The van der Waals surface area contributed by atoms with Crippen LogP contribution in [0.1, 0.15) is 39.1 Å². The number of guanidine groups is 1. The third-order valence-corrected chi connectivity index (χ3v) is 8.01. The second-order valence-electron chi connectivity index (χ2n) is 11.9. The van der Waals surface area contributed by atoms with Crippen LogP contribution in [0.5, 0.6) is 5.75 Å². The highest BCUT2D eigenvalue weighted by molar-refractivity contribution is 6.07. The van der Waals surface area contributed by atoms with E-state index in [1.807, 2.05) is 12.1 Å². The number of nitrogen functional groups attached to an aromatic ring is 1. The fourth-order valence-corrected chi connectivity index (χ4v) is 5.33. The number of carbonyl (C=O) groups excluding carboxylic acids is 4. The summed E-state index contributed by atoms with van der Waals surface area (Å²) in [6, 6.07) is 17.7. The van der Waals surface area contributed by atoms with Crippen molar-refractivity contribution in [3.63, 3.8) is 0 Å². The Morgan fingerprint density at radius 2 is 1.78 bits per heavy atom. The average molecular weight is 681 g/mol. The zero-order chi connectivity index (χ0) is 35.6. The molecule has 0 aliphatic carbocycles. The standard InChI is InChI=1S/C35H40N10O5/c36-23-9-5-20(6-10-23)15-29-34(49)44-25(4-2-14-41-35(38)39)19-50-30-12-11-24(17-26(30)32(47)42-18-27(37)33(48)45-29)43-31(46)22-8-7-21-3-1-13-40-28(21)16-22/h1,3,5-13,16-17,25,27,29H,2,4,14-15,18-19,36-37H2,(H,42,47)(H,43,46)(H,44,49)(H,45,48)(H4,38,39,41)/t25-,27+,29-/m0/s1.